The second kappa shape index (κ2) is 14.0. The van der Waals surface area contributed by atoms with Gasteiger partial charge in [-0.1, -0.05) is 60.1 Å². The van der Waals surface area contributed by atoms with E-state index in [1.54, 1.807) is 98.1 Å². The number of rotatable bonds is 10. The first-order valence-electron chi connectivity index (χ1n) is 12.2. The summed E-state index contributed by atoms with van der Waals surface area (Å²) in [6.07, 6.45) is 1.56. The largest absolute Gasteiger partial charge is 0.495 e. The predicted molar refractivity (Wildman–Crippen MR) is 161 cm³/mol. The molecule has 0 aliphatic heterocycles. The highest BCUT2D eigenvalue weighted by Gasteiger charge is 2.16. The Kier molecular flexibility index (Phi) is 9.99. The monoisotopic (exact) mass is 571 g/mol. The lowest BCUT2D eigenvalue weighted by Gasteiger charge is -2.12. The summed E-state index contributed by atoms with van der Waals surface area (Å²) in [5.41, 5.74) is 2.21. The predicted octanol–water partition coefficient (Wildman–Crippen LogP) is 6.49. The summed E-state index contributed by atoms with van der Waals surface area (Å²) in [4.78, 5) is 39.4. The van der Waals surface area contributed by atoms with Crippen LogP contribution >= 0.6 is 23.4 Å². The van der Waals surface area contributed by atoms with Gasteiger partial charge in [0, 0.05) is 21.2 Å². The van der Waals surface area contributed by atoms with Crippen LogP contribution in [0.25, 0.3) is 6.08 Å². The third kappa shape index (κ3) is 8.23. The summed E-state index contributed by atoms with van der Waals surface area (Å²) in [6.45, 7) is 0. The van der Waals surface area contributed by atoms with Crippen LogP contribution in [0.4, 0.5) is 11.4 Å². The molecule has 40 heavy (non-hydrogen) atoms. The minimum absolute atomic E-state index is 0.0466. The molecule has 0 atom stereocenters. The molecule has 0 aliphatic rings. The number of para-hydroxylation sites is 2. The summed E-state index contributed by atoms with van der Waals surface area (Å²) < 4.78 is 5.27. The van der Waals surface area contributed by atoms with Gasteiger partial charge in [0.1, 0.15) is 11.4 Å². The number of carbonyl (C=O) groups excluding carboxylic acids is 3. The molecule has 0 saturated carbocycles. The Bertz CT molecular complexity index is 1540. The lowest BCUT2D eigenvalue weighted by Crippen LogP contribution is -2.30. The molecule has 4 rings (SSSR count). The van der Waals surface area contributed by atoms with Crippen LogP contribution in [0.1, 0.15) is 15.9 Å². The summed E-state index contributed by atoms with van der Waals surface area (Å²) in [5.74, 6) is -0.400. The summed E-state index contributed by atoms with van der Waals surface area (Å²) in [6, 6.07) is 29.9. The number of amides is 3. The van der Waals surface area contributed by atoms with Gasteiger partial charge in [0.05, 0.1) is 18.6 Å². The SMILES string of the molecule is COc1ccccc1NC(=O)CSc1cccc(NC(=O)/C(=C/c2cccc(Cl)c2)NC(=O)c2ccccc2)c1. The molecule has 0 aliphatic carbocycles. The van der Waals surface area contributed by atoms with Crippen molar-refractivity contribution in [2.45, 2.75) is 4.90 Å². The fourth-order valence-corrected chi connectivity index (χ4v) is 4.60. The van der Waals surface area contributed by atoms with Gasteiger partial charge >= 0.3 is 0 Å². The highest BCUT2D eigenvalue weighted by Crippen LogP contribution is 2.25. The van der Waals surface area contributed by atoms with Crippen molar-refractivity contribution in [2.24, 2.45) is 0 Å². The molecule has 0 bridgehead atoms. The van der Waals surface area contributed by atoms with Crippen LogP contribution in [0.2, 0.25) is 5.02 Å². The maximum Gasteiger partial charge on any atom is 0.272 e. The van der Waals surface area contributed by atoms with E-state index in [9.17, 15) is 14.4 Å². The Balaban J connectivity index is 1.45. The van der Waals surface area contributed by atoms with E-state index in [4.69, 9.17) is 16.3 Å². The van der Waals surface area contributed by atoms with Gasteiger partial charge in [-0.05, 0) is 66.2 Å². The zero-order chi connectivity index (χ0) is 28.3. The van der Waals surface area contributed by atoms with Gasteiger partial charge < -0.3 is 20.7 Å². The molecular formula is C31H26ClN3O4S. The molecule has 0 spiro atoms. The molecule has 4 aromatic rings. The molecule has 0 aromatic heterocycles. The van der Waals surface area contributed by atoms with E-state index in [0.717, 1.165) is 4.90 Å². The zero-order valence-corrected chi connectivity index (χ0v) is 23.1. The van der Waals surface area contributed by atoms with Crippen LogP contribution < -0.4 is 20.7 Å². The van der Waals surface area contributed by atoms with Gasteiger partial charge in [0.2, 0.25) is 5.91 Å². The molecule has 7 nitrogen and oxygen atoms in total. The van der Waals surface area contributed by atoms with Gasteiger partial charge in [-0.15, -0.1) is 11.8 Å². The summed E-state index contributed by atoms with van der Waals surface area (Å²) >= 11 is 7.43. The zero-order valence-electron chi connectivity index (χ0n) is 21.5. The Morgan fingerprint density at radius 3 is 2.38 bits per heavy atom. The van der Waals surface area contributed by atoms with Gasteiger partial charge in [-0.2, -0.15) is 0 Å². The lowest BCUT2D eigenvalue weighted by atomic mass is 10.1. The molecule has 0 unspecified atom stereocenters. The van der Waals surface area contributed by atoms with E-state index in [1.807, 2.05) is 18.2 Å². The van der Waals surface area contributed by atoms with Crippen molar-refractivity contribution in [1.29, 1.82) is 0 Å². The number of carbonyl (C=O) groups is 3. The van der Waals surface area contributed by atoms with E-state index in [-0.39, 0.29) is 17.4 Å². The fraction of sp³-hybridized carbons (Fsp3) is 0.0645. The Hall–Kier alpha value is -4.53. The van der Waals surface area contributed by atoms with Crippen molar-refractivity contribution < 1.29 is 19.1 Å². The number of halogens is 1. The average molecular weight is 572 g/mol. The first-order chi connectivity index (χ1) is 19.4. The van der Waals surface area contributed by atoms with Crippen molar-refractivity contribution in [3.05, 3.63) is 125 Å². The standard InChI is InChI=1S/C31H26ClN3O4S/c1-39-28-16-6-5-15-26(28)34-29(36)20-40-25-14-8-13-24(19-25)33-31(38)27(18-21-9-7-12-23(32)17-21)35-30(37)22-10-3-2-4-11-22/h2-19H,20H2,1H3,(H,33,38)(H,34,36)(H,35,37)/b27-18-. The second-order valence-electron chi connectivity index (χ2n) is 8.45. The van der Waals surface area contributed by atoms with Gasteiger partial charge in [0.25, 0.3) is 11.8 Å². The molecule has 0 fully saturated rings. The van der Waals surface area contributed by atoms with Crippen LogP contribution in [0.5, 0.6) is 5.75 Å². The number of anilines is 2. The highest BCUT2D eigenvalue weighted by molar-refractivity contribution is 8.00. The number of hydrogen-bond acceptors (Lipinski definition) is 5. The van der Waals surface area contributed by atoms with Crippen LogP contribution in [-0.4, -0.2) is 30.6 Å². The number of thioether (sulfide) groups is 1. The minimum atomic E-state index is -0.514. The Morgan fingerprint density at radius 1 is 0.850 bits per heavy atom. The maximum absolute atomic E-state index is 13.3. The normalized spacial score (nSPS) is 10.9. The molecule has 0 radical (unpaired) electrons. The topological polar surface area (TPSA) is 96.5 Å². The first kappa shape index (κ1) is 28.5. The Labute approximate surface area is 241 Å². The van der Waals surface area contributed by atoms with Crippen molar-refractivity contribution in [3.8, 4) is 5.75 Å². The molecule has 202 valence electrons. The Morgan fingerprint density at radius 2 is 1.60 bits per heavy atom. The van der Waals surface area contributed by atoms with Crippen LogP contribution in [0.15, 0.2) is 114 Å². The van der Waals surface area contributed by atoms with Gasteiger partial charge in [-0.3, -0.25) is 14.4 Å². The molecule has 4 aromatic carbocycles. The van der Waals surface area contributed by atoms with E-state index in [1.165, 1.54) is 11.8 Å². The number of benzene rings is 4. The van der Waals surface area contributed by atoms with E-state index < -0.39 is 11.8 Å². The third-order valence-electron chi connectivity index (χ3n) is 5.53. The first-order valence-corrected chi connectivity index (χ1v) is 13.6. The fourth-order valence-electron chi connectivity index (χ4n) is 3.65. The molecule has 3 N–H and O–H groups in total. The molecule has 3 amide bonds. The van der Waals surface area contributed by atoms with Crippen LogP contribution in [0, 0.1) is 0 Å². The van der Waals surface area contributed by atoms with Crippen LogP contribution in [-0.2, 0) is 9.59 Å². The van der Waals surface area contributed by atoms with Gasteiger partial charge in [0.15, 0.2) is 0 Å². The van der Waals surface area contributed by atoms with E-state index >= 15 is 0 Å². The maximum atomic E-state index is 13.3. The van der Waals surface area contributed by atoms with Crippen molar-refractivity contribution in [1.82, 2.24) is 5.32 Å². The molecular weight excluding hydrogens is 546 g/mol. The van der Waals surface area contributed by atoms with Crippen molar-refractivity contribution in [3.63, 3.8) is 0 Å². The molecule has 0 saturated heterocycles. The number of nitrogens with one attached hydrogen (secondary N) is 3. The molecule has 0 heterocycles. The lowest BCUT2D eigenvalue weighted by molar-refractivity contribution is -0.114. The highest BCUT2D eigenvalue weighted by atomic mass is 35.5. The number of hydrogen-bond donors (Lipinski definition) is 3. The molecule has 9 heteroatoms. The number of ether oxygens (including phenoxy) is 1. The van der Waals surface area contributed by atoms with E-state index in [2.05, 4.69) is 16.0 Å². The average Bonchev–Trinajstić information content (AvgIpc) is 2.96. The summed E-state index contributed by atoms with van der Waals surface area (Å²) in [5, 5.41) is 8.88. The number of methoxy groups -OCH3 is 1. The van der Waals surface area contributed by atoms with E-state index in [0.29, 0.717) is 33.3 Å². The van der Waals surface area contributed by atoms with Crippen molar-refractivity contribution in [2.75, 3.05) is 23.5 Å². The van der Waals surface area contributed by atoms with Crippen molar-refractivity contribution >= 4 is 58.5 Å². The minimum Gasteiger partial charge on any atom is -0.495 e. The van der Waals surface area contributed by atoms with Gasteiger partial charge in [-0.25, -0.2) is 0 Å². The smallest absolute Gasteiger partial charge is 0.272 e. The third-order valence-corrected chi connectivity index (χ3v) is 6.76. The van der Waals surface area contributed by atoms with Crippen LogP contribution in [0.3, 0.4) is 0 Å². The summed E-state index contributed by atoms with van der Waals surface area (Å²) in [7, 11) is 1.54. The second-order valence-corrected chi connectivity index (χ2v) is 9.94. The quantitative estimate of drug-likeness (QED) is 0.149.